The van der Waals surface area contributed by atoms with Crippen LogP contribution in [0.2, 0.25) is 0 Å². The lowest BCUT2D eigenvalue weighted by Crippen LogP contribution is -2.44. The van der Waals surface area contributed by atoms with Crippen molar-refractivity contribution in [1.29, 1.82) is 0 Å². The molecule has 1 aliphatic heterocycles. The topological polar surface area (TPSA) is 65.5 Å². The van der Waals surface area contributed by atoms with Crippen LogP contribution in [0.4, 0.5) is 4.79 Å². The molecule has 3 amide bonds. The molecule has 0 unspecified atom stereocenters. The molecule has 2 rings (SSSR count). The lowest BCUT2D eigenvalue weighted by molar-refractivity contribution is -0.124. The van der Waals surface area contributed by atoms with Crippen LogP contribution < -0.4 is 5.43 Å². The van der Waals surface area contributed by atoms with Gasteiger partial charge in [0.25, 0.3) is 0 Å². The molecule has 6 nitrogen and oxygen atoms in total. The number of urea groups is 1. The Labute approximate surface area is 125 Å². The van der Waals surface area contributed by atoms with Gasteiger partial charge in [-0.1, -0.05) is 13.3 Å². The third kappa shape index (κ3) is 3.93. The number of hydrogen-bond acceptors (Lipinski definition) is 3. The van der Waals surface area contributed by atoms with Crippen molar-refractivity contribution in [1.82, 2.24) is 20.3 Å². The molecule has 1 fully saturated rings. The zero-order valence-electron chi connectivity index (χ0n) is 12.6. The van der Waals surface area contributed by atoms with E-state index in [1.54, 1.807) is 17.3 Å². The molecule has 0 bridgehead atoms. The van der Waals surface area contributed by atoms with Crippen molar-refractivity contribution in [3.63, 3.8) is 0 Å². The summed E-state index contributed by atoms with van der Waals surface area (Å²) in [6.45, 7) is 5.70. The van der Waals surface area contributed by atoms with Crippen LogP contribution in [0.15, 0.2) is 18.5 Å². The van der Waals surface area contributed by atoms with Crippen LogP contribution in [-0.4, -0.2) is 39.9 Å². The molecule has 1 aliphatic rings. The van der Waals surface area contributed by atoms with Gasteiger partial charge in [0, 0.05) is 31.9 Å². The average Bonchev–Trinajstić information content (AvgIpc) is 2.80. The molecule has 0 aromatic carbocycles. The second-order valence-corrected chi connectivity index (χ2v) is 5.30. The summed E-state index contributed by atoms with van der Waals surface area (Å²) >= 11 is 0. The maximum Gasteiger partial charge on any atom is 0.339 e. The molecule has 0 saturated carbocycles. The Morgan fingerprint density at radius 3 is 2.95 bits per heavy atom. The van der Waals surface area contributed by atoms with Crippen LogP contribution in [0.3, 0.4) is 0 Å². The summed E-state index contributed by atoms with van der Waals surface area (Å²) in [6.07, 6.45) is 5.79. The molecule has 6 heteroatoms. The van der Waals surface area contributed by atoms with Crippen molar-refractivity contribution >= 4 is 11.9 Å². The first-order chi connectivity index (χ1) is 10.1. The number of unbranched alkanes of at least 4 members (excludes halogenated alkanes) is 1. The summed E-state index contributed by atoms with van der Waals surface area (Å²) in [6, 6.07) is 1.78. The number of nitrogens with zero attached hydrogens (tertiary/aromatic N) is 3. The number of aromatic nitrogens is 1. The Hall–Kier alpha value is -2.11. The maximum absolute atomic E-state index is 12.2. The van der Waals surface area contributed by atoms with E-state index in [4.69, 9.17) is 0 Å². The summed E-state index contributed by atoms with van der Waals surface area (Å²) in [4.78, 5) is 29.8. The van der Waals surface area contributed by atoms with Gasteiger partial charge in [0.05, 0.1) is 6.54 Å². The highest BCUT2D eigenvalue weighted by Gasteiger charge is 2.29. The van der Waals surface area contributed by atoms with Gasteiger partial charge in [0.15, 0.2) is 0 Å². The maximum atomic E-state index is 12.2. The molecule has 1 aromatic heterocycles. The number of amides is 3. The van der Waals surface area contributed by atoms with Crippen molar-refractivity contribution in [2.24, 2.45) is 0 Å². The largest absolute Gasteiger partial charge is 0.339 e. The number of hydrogen-bond donors (Lipinski definition) is 1. The fraction of sp³-hybridized carbons (Fsp3) is 0.533. The first kappa shape index (κ1) is 15.3. The van der Waals surface area contributed by atoms with E-state index in [0.717, 1.165) is 24.0 Å². The van der Waals surface area contributed by atoms with E-state index in [9.17, 15) is 9.59 Å². The number of pyridine rings is 1. The Bertz CT molecular complexity index is 518. The molecule has 1 saturated heterocycles. The number of aryl methyl sites for hydroxylation is 1. The van der Waals surface area contributed by atoms with Crippen LogP contribution >= 0.6 is 0 Å². The minimum atomic E-state index is -0.150. The summed E-state index contributed by atoms with van der Waals surface area (Å²) < 4.78 is 0. The Kier molecular flexibility index (Phi) is 5.14. The van der Waals surface area contributed by atoms with E-state index in [2.05, 4.69) is 10.4 Å². The smallest absolute Gasteiger partial charge is 0.317 e. The SMILES string of the molecule is CCCCC(=O)NN1CCN(Cc2cnccc2C)C1=O. The third-order valence-corrected chi connectivity index (χ3v) is 3.62. The molecule has 2 heterocycles. The van der Waals surface area contributed by atoms with Gasteiger partial charge < -0.3 is 4.90 Å². The molecule has 0 spiro atoms. The zero-order chi connectivity index (χ0) is 15.2. The molecule has 0 aliphatic carbocycles. The molecule has 0 atom stereocenters. The number of carbonyl (C=O) groups is 2. The summed E-state index contributed by atoms with van der Waals surface area (Å²) in [5, 5.41) is 1.41. The minimum absolute atomic E-state index is 0.0930. The van der Waals surface area contributed by atoms with Gasteiger partial charge in [-0.2, -0.15) is 0 Å². The highest BCUT2D eigenvalue weighted by atomic mass is 16.2. The fourth-order valence-electron chi connectivity index (χ4n) is 2.24. The molecule has 0 radical (unpaired) electrons. The van der Waals surface area contributed by atoms with E-state index < -0.39 is 0 Å². The Balaban J connectivity index is 1.90. The lowest BCUT2D eigenvalue weighted by atomic mass is 10.1. The second kappa shape index (κ2) is 7.06. The van der Waals surface area contributed by atoms with E-state index in [1.807, 2.05) is 19.9 Å². The molecule has 1 N–H and O–H groups in total. The van der Waals surface area contributed by atoms with Gasteiger partial charge in [-0.25, -0.2) is 9.80 Å². The van der Waals surface area contributed by atoms with Gasteiger partial charge in [-0.05, 0) is 30.5 Å². The van der Waals surface area contributed by atoms with E-state index in [-0.39, 0.29) is 11.9 Å². The van der Waals surface area contributed by atoms with Crippen molar-refractivity contribution in [2.75, 3.05) is 13.1 Å². The monoisotopic (exact) mass is 290 g/mol. The predicted octanol–water partition coefficient (Wildman–Crippen LogP) is 1.85. The van der Waals surface area contributed by atoms with Crippen LogP contribution in [0, 0.1) is 6.92 Å². The first-order valence-electron chi connectivity index (χ1n) is 7.37. The van der Waals surface area contributed by atoms with Gasteiger partial charge >= 0.3 is 6.03 Å². The Morgan fingerprint density at radius 2 is 2.24 bits per heavy atom. The van der Waals surface area contributed by atoms with Crippen molar-refractivity contribution < 1.29 is 9.59 Å². The number of carbonyl (C=O) groups excluding carboxylic acids is 2. The van der Waals surface area contributed by atoms with Gasteiger partial charge in [-0.3, -0.25) is 15.2 Å². The van der Waals surface area contributed by atoms with Crippen LogP contribution in [0.25, 0.3) is 0 Å². The van der Waals surface area contributed by atoms with Gasteiger partial charge in [-0.15, -0.1) is 0 Å². The lowest BCUT2D eigenvalue weighted by Gasteiger charge is -2.19. The van der Waals surface area contributed by atoms with Crippen molar-refractivity contribution in [3.05, 3.63) is 29.6 Å². The zero-order valence-corrected chi connectivity index (χ0v) is 12.6. The highest BCUT2D eigenvalue weighted by molar-refractivity contribution is 5.82. The van der Waals surface area contributed by atoms with E-state index in [0.29, 0.717) is 26.1 Å². The van der Waals surface area contributed by atoms with Crippen LogP contribution in [0.5, 0.6) is 0 Å². The average molecular weight is 290 g/mol. The van der Waals surface area contributed by atoms with Gasteiger partial charge in [0.2, 0.25) is 5.91 Å². The second-order valence-electron chi connectivity index (χ2n) is 5.30. The molecule has 114 valence electrons. The fourth-order valence-corrected chi connectivity index (χ4v) is 2.24. The summed E-state index contributed by atoms with van der Waals surface area (Å²) in [7, 11) is 0. The molecular weight excluding hydrogens is 268 g/mol. The number of hydrazine groups is 1. The Morgan fingerprint density at radius 1 is 1.43 bits per heavy atom. The number of rotatable bonds is 6. The normalized spacial score (nSPS) is 14.7. The first-order valence-corrected chi connectivity index (χ1v) is 7.37. The molecule has 21 heavy (non-hydrogen) atoms. The van der Waals surface area contributed by atoms with Crippen LogP contribution in [-0.2, 0) is 11.3 Å². The quantitative estimate of drug-likeness (QED) is 0.869. The van der Waals surface area contributed by atoms with Crippen molar-refractivity contribution in [2.45, 2.75) is 39.7 Å². The number of nitrogens with one attached hydrogen (secondary N) is 1. The van der Waals surface area contributed by atoms with E-state index in [1.165, 1.54) is 5.01 Å². The molecular formula is C15H22N4O2. The van der Waals surface area contributed by atoms with Crippen molar-refractivity contribution in [3.8, 4) is 0 Å². The predicted molar refractivity (Wildman–Crippen MR) is 79.2 cm³/mol. The standard InChI is InChI=1S/C15H22N4O2/c1-3-4-5-14(20)17-19-9-8-18(15(19)21)11-13-10-16-7-6-12(13)2/h6-7,10H,3-5,8-9,11H2,1-2H3,(H,17,20). The third-order valence-electron chi connectivity index (χ3n) is 3.62. The summed E-state index contributed by atoms with van der Waals surface area (Å²) in [5.41, 5.74) is 4.83. The van der Waals surface area contributed by atoms with Crippen LogP contribution in [0.1, 0.15) is 37.3 Å². The van der Waals surface area contributed by atoms with E-state index >= 15 is 0 Å². The summed E-state index contributed by atoms with van der Waals surface area (Å²) in [5.74, 6) is -0.0930. The minimum Gasteiger partial charge on any atom is -0.317 e. The highest BCUT2D eigenvalue weighted by Crippen LogP contribution is 2.14. The van der Waals surface area contributed by atoms with Gasteiger partial charge in [0.1, 0.15) is 0 Å². The molecule has 1 aromatic rings.